The van der Waals surface area contributed by atoms with E-state index in [1.54, 1.807) is 24.3 Å². The molecule has 0 aliphatic rings. The van der Waals surface area contributed by atoms with E-state index in [1.165, 1.54) is 20.1 Å². The lowest BCUT2D eigenvalue weighted by Crippen LogP contribution is -2.27. The van der Waals surface area contributed by atoms with Gasteiger partial charge in [0.1, 0.15) is 11.4 Å². The van der Waals surface area contributed by atoms with Crippen molar-refractivity contribution < 1.29 is 22.7 Å². The van der Waals surface area contributed by atoms with Crippen molar-refractivity contribution in [3.63, 3.8) is 0 Å². The molecule has 0 aliphatic heterocycles. The van der Waals surface area contributed by atoms with Gasteiger partial charge in [-0.25, -0.2) is 4.79 Å². The Morgan fingerprint density at radius 1 is 1.23 bits per heavy atom. The maximum Gasteiger partial charge on any atom is 0.431 e. The second-order valence-electron chi connectivity index (χ2n) is 5.66. The van der Waals surface area contributed by atoms with Crippen LogP contribution in [0.3, 0.4) is 0 Å². The van der Waals surface area contributed by atoms with Crippen LogP contribution < -0.4 is 11.3 Å². The third kappa shape index (κ3) is 3.79. The number of aromatic nitrogens is 1. The molecule has 0 atom stereocenters. The second-order valence-corrected chi connectivity index (χ2v) is 5.66. The highest BCUT2D eigenvalue weighted by Gasteiger charge is 2.34. The van der Waals surface area contributed by atoms with Gasteiger partial charge in [0.05, 0.1) is 12.7 Å². The minimum absolute atomic E-state index is 0.0955. The van der Waals surface area contributed by atoms with E-state index < -0.39 is 23.4 Å². The van der Waals surface area contributed by atoms with Gasteiger partial charge in [-0.3, -0.25) is 4.79 Å². The van der Waals surface area contributed by atoms with Crippen LogP contribution in [0.5, 0.6) is 0 Å². The number of methoxy groups -OCH3 is 1. The molecule has 1 heterocycles. The van der Waals surface area contributed by atoms with Crippen LogP contribution in [-0.2, 0) is 22.8 Å². The zero-order valence-corrected chi connectivity index (χ0v) is 14.3. The molecule has 1 aromatic heterocycles. The number of aryl methyl sites for hydroxylation is 1. The number of ether oxygens (including phenoxy) is 1. The number of hydrogen-bond donors (Lipinski definition) is 1. The summed E-state index contributed by atoms with van der Waals surface area (Å²) in [5.74, 6) is -0.679. The number of alkyl halides is 3. The molecule has 0 fully saturated rings. The minimum atomic E-state index is -4.61. The van der Waals surface area contributed by atoms with Crippen molar-refractivity contribution in [2.45, 2.75) is 13.1 Å². The van der Waals surface area contributed by atoms with E-state index in [-0.39, 0.29) is 16.8 Å². The highest BCUT2D eigenvalue weighted by atomic mass is 19.4. The first kappa shape index (κ1) is 19.3. The summed E-state index contributed by atoms with van der Waals surface area (Å²) in [6.45, 7) is 1.45. The molecule has 0 radical (unpaired) electrons. The van der Waals surface area contributed by atoms with Crippen LogP contribution in [0, 0.1) is 6.92 Å². The standard InChI is InChI=1S/C18H17F3N2O3/c1-10-8-14(18(19,20)21)23(2)16(24)15(10)12-6-4-11(5-7-12)9-13(22)17(25)26-3/h4-9H,22H2,1-3H3/b13-9-. The van der Waals surface area contributed by atoms with Gasteiger partial charge in [0.25, 0.3) is 5.56 Å². The molecule has 2 N–H and O–H groups in total. The summed E-state index contributed by atoms with van der Waals surface area (Å²) in [6.07, 6.45) is -3.22. The highest BCUT2D eigenvalue weighted by Crippen LogP contribution is 2.31. The lowest BCUT2D eigenvalue weighted by atomic mass is 10.00. The number of esters is 1. The lowest BCUT2D eigenvalue weighted by Gasteiger charge is -2.15. The summed E-state index contributed by atoms with van der Waals surface area (Å²) in [6, 6.07) is 7.30. The number of hydrogen-bond acceptors (Lipinski definition) is 4. The predicted octanol–water partition coefficient (Wildman–Crippen LogP) is 2.85. The number of pyridine rings is 1. The van der Waals surface area contributed by atoms with Gasteiger partial charge in [-0.15, -0.1) is 0 Å². The number of nitrogens with two attached hydrogens (primary N) is 1. The van der Waals surface area contributed by atoms with Crippen molar-refractivity contribution in [2.75, 3.05) is 7.11 Å². The lowest BCUT2D eigenvalue weighted by molar-refractivity contribution is -0.143. The van der Waals surface area contributed by atoms with E-state index in [4.69, 9.17) is 5.73 Å². The van der Waals surface area contributed by atoms with E-state index in [0.717, 1.165) is 13.1 Å². The summed E-state index contributed by atoms with van der Waals surface area (Å²) in [7, 11) is 2.29. The van der Waals surface area contributed by atoms with E-state index in [2.05, 4.69) is 4.74 Å². The Balaban J connectivity index is 2.49. The van der Waals surface area contributed by atoms with Crippen molar-refractivity contribution in [1.29, 1.82) is 0 Å². The Kier molecular flexibility index (Phi) is 5.25. The van der Waals surface area contributed by atoms with Crippen LogP contribution in [0.15, 0.2) is 40.8 Å². The molecule has 0 saturated heterocycles. The Hall–Kier alpha value is -3.03. The smallest absolute Gasteiger partial charge is 0.431 e. The number of carbonyl (C=O) groups is 1. The van der Waals surface area contributed by atoms with Crippen molar-refractivity contribution in [3.8, 4) is 11.1 Å². The molecule has 2 rings (SSSR count). The quantitative estimate of drug-likeness (QED) is 0.670. The zero-order valence-electron chi connectivity index (χ0n) is 14.3. The van der Waals surface area contributed by atoms with E-state index >= 15 is 0 Å². The fraction of sp³-hybridized carbons (Fsp3) is 0.222. The SMILES string of the molecule is COC(=O)/C(N)=C/c1ccc(-c2c(C)cc(C(F)(F)F)n(C)c2=O)cc1. The second kappa shape index (κ2) is 7.07. The van der Waals surface area contributed by atoms with E-state index in [9.17, 15) is 22.8 Å². The topological polar surface area (TPSA) is 74.3 Å². The molecular formula is C18H17F3N2O3. The van der Waals surface area contributed by atoms with E-state index in [0.29, 0.717) is 15.7 Å². The summed E-state index contributed by atoms with van der Waals surface area (Å²) in [5, 5.41) is 0. The van der Waals surface area contributed by atoms with Crippen molar-refractivity contribution in [3.05, 3.63) is 63.2 Å². The van der Waals surface area contributed by atoms with Gasteiger partial charge in [-0.2, -0.15) is 13.2 Å². The number of rotatable bonds is 3. The highest BCUT2D eigenvalue weighted by molar-refractivity contribution is 5.92. The van der Waals surface area contributed by atoms with Crippen molar-refractivity contribution >= 4 is 12.0 Å². The number of halogens is 3. The molecule has 0 bridgehead atoms. The average Bonchev–Trinajstić information content (AvgIpc) is 2.57. The minimum Gasteiger partial charge on any atom is -0.464 e. The van der Waals surface area contributed by atoms with Crippen molar-refractivity contribution in [1.82, 2.24) is 4.57 Å². The molecule has 1 aromatic carbocycles. The number of carbonyl (C=O) groups excluding carboxylic acids is 1. The van der Waals surface area contributed by atoms with Crippen LogP contribution in [0.4, 0.5) is 13.2 Å². The van der Waals surface area contributed by atoms with Gasteiger partial charge in [-0.05, 0) is 35.8 Å². The Morgan fingerprint density at radius 3 is 2.31 bits per heavy atom. The molecule has 0 unspecified atom stereocenters. The molecular weight excluding hydrogens is 349 g/mol. The van der Waals surface area contributed by atoms with Gasteiger partial charge in [0, 0.05) is 7.05 Å². The molecule has 5 nitrogen and oxygen atoms in total. The summed E-state index contributed by atoms with van der Waals surface area (Å²) in [4.78, 5) is 23.7. The fourth-order valence-corrected chi connectivity index (χ4v) is 2.55. The average molecular weight is 366 g/mol. The van der Waals surface area contributed by atoms with Gasteiger partial charge in [0.2, 0.25) is 0 Å². The van der Waals surface area contributed by atoms with Crippen molar-refractivity contribution in [2.24, 2.45) is 12.8 Å². The summed E-state index contributed by atoms with van der Waals surface area (Å²) in [5.41, 5.74) is 5.16. The molecule has 0 amide bonds. The molecule has 0 saturated carbocycles. The Bertz CT molecular complexity index is 926. The van der Waals surface area contributed by atoms with Gasteiger partial charge in [0.15, 0.2) is 0 Å². The number of nitrogens with zero attached hydrogens (tertiary/aromatic N) is 1. The molecule has 26 heavy (non-hydrogen) atoms. The maximum atomic E-state index is 13.0. The largest absolute Gasteiger partial charge is 0.464 e. The summed E-state index contributed by atoms with van der Waals surface area (Å²) >= 11 is 0. The van der Waals surface area contributed by atoms with Crippen LogP contribution in [0.2, 0.25) is 0 Å². The Labute approximate surface area is 147 Å². The molecule has 0 spiro atoms. The Morgan fingerprint density at radius 2 is 1.81 bits per heavy atom. The van der Waals surface area contributed by atoms with Gasteiger partial charge >= 0.3 is 12.1 Å². The first-order valence-electron chi connectivity index (χ1n) is 7.50. The number of benzene rings is 1. The predicted molar refractivity (Wildman–Crippen MR) is 91.0 cm³/mol. The first-order valence-corrected chi connectivity index (χ1v) is 7.50. The monoisotopic (exact) mass is 366 g/mol. The molecule has 138 valence electrons. The normalized spacial score (nSPS) is 12.2. The summed E-state index contributed by atoms with van der Waals surface area (Å²) < 4.78 is 44.1. The van der Waals surface area contributed by atoms with Crippen LogP contribution in [0.1, 0.15) is 16.8 Å². The van der Waals surface area contributed by atoms with Gasteiger partial charge < -0.3 is 15.0 Å². The van der Waals surface area contributed by atoms with Gasteiger partial charge in [-0.1, -0.05) is 24.3 Å². The molecule has 8 heteroatoms. The molecule has 0 aliphatic carbocycles. The third-order valence-electron chi connectivity index (χ3n) is 3.86. The maximum absolute atomic E-state index is 13.0. The van der Waals surface area contributed by atoms with Crippen LogP contribution in [-0.4, -0.2) is 17.6 Å². The zero-order chi connectivity index (χ0) is 19.6. The van der Waals surface area contributed by atoms with Crippen LogP contribution in [0.25, 0.3) is 17.2 Å². The molecule has 2 aromatic rings. The van der Waals surface area contributed by atoms with E-state index in [1.807, 2.05) is 0 Å². The third-order valence-corrected chi connectivity index (χ3v) is 3.86. The van der Waals surface area contributed by atoms with Crippen LogP contribution >= 0.6 is 0 Å². The fourth-order valence-electron chi connectivity index (χ4n) is 2.55. The first-order chi connectivity index (χ1) is 12.1.